The number of para-hydroxylation sites is 3. The van der Waals surface area contributed by atoms with E-state index in [0.29, 0.717) is 0 Å². The van der Waals surface area contributed by atoms with Gasteiger partial charge in [-0.1, -0.05) is 24.3 Å². The Morgan fingerprint density at radius 1 is 0.889 bits per heavy atom. The topological polar surface area (TPSA) is 50.4 Å². The summed E-state index contributed by atoms with van der Waals surface area (Å²) in [6.45, 7) is -2.06. The van der Waals surface area contributed by atoms with Crippen LogP contribution in [0.3, 0.4) is 0 Å². The van der Waals surface area contributed by atoms with Crippen LogP contribution in [0, 0.1) is 0 Å². The van der Waals surface area contributed by atoms with Crippen molar-refractivity contribution in [3.63, 3.8) is 0 Å². The molecule has 0 saturated heterocycles. The number of alkyl halides is 6. The van der Waals surface area contributed by atoms with E-state index in [2.05, 4.69) is 10.6 Å². The van der Waals surface area contributed by atoms with Crippen molar-refractivity contribution < 1.29 is 35.9 Å². The molecule has 0 aliphatic rings. The molecule has 0 saturated carbocycles. The predicted octanol–water partition coefficient (Wildman–Crippen LogP) is 4.70. The van der Waals surface area contributed by atoms with Gasteiger partial charge in [0.1, 0.15) is 12.3 Å². The fourth-order valence-electron chi connectivity index (χ4n) is 2.10. The third kappa shape index (κ3) is 6.39. The molecular formula is C17H14F6N2O2. The van der Waals surface area contributed by atoms with E-state index in [1.165, 1.54) is 36.4 Å². The average Bonchev–Trinajstić information content (AvgIpc) is 2.58. The normalized spacial score (nSPS) is 11.8. The molecule has 0 atom stereocenters. The minimum absolute atomic E-state index is 0.0128. The van der Waals surface area contributed by atoms with Crippen molar-refractivity contribution >= 4 is 17.3 Å². The van der Waals surface area contributed by atoms with Crippen LogP contribution in [0.1, 0.15) is 5.56 Å². The fraction of sp³-hybridized carbons (Fsp3) is 0.235. The van der Waals surface area contributed by atoms with Crippen LogP contribution in [0.4, 0.5) is 37.7 Å². The predicted molar refractivity (Wildman–Crippen MR) is 86.6 cm³/mol. The standard InChI is InChI=1S/C17H14F6N2O2/c18-16(19,20)10-24-12-6-2-3-7-13(12)25-15(26)9-27-14-8-4-1-5-11(14)17(21,22)23/h1-8,24H,9-10H2,(H,25,26). The molecule has 0 aliphatic carbocycles. The van der Waals surface area contributed by atoms with E-state index < -0.39 is 42.7 Å². The van der Waals surface area contributed by atoms with Gasteiger partial charge >= 0.3 is 12.4 Å². The van der Waals surface area contributed by atoms with Gasteiger partial charge in [0, 0.05) is 0 Å². The molecule has 4 nitrogen and oxygen atoms in total. The van der Waals surface area contributed by atoms with Crippen molar-refractivity contribution in [3.8, 4) is 5.75 Å². The van der Waals surface area contributed by atoms with Gasteiger partial charge in [-0.05, 0) is 24.3 Å². The molecule has 2 rings (SSSR count). The van der Waals surface area contributed by atoms with Crippen molar-refractivity contribution in [2.75, 3.05) is 23.8 Å². The number of carbonyl (C=O) groups excluding carboxylic acids is 1. The highest BCUT2D eigenvalue weighted by molar-refractivity contribution is 5.95. The maximum absolute atomic E-state index is 12.9. The molecule has 2 N–H and O–H groups in total. The van der Waals surface area contributed by atoms with E-state index in [1.54, 1.807) is 0 Å². The van der Waals surface area contributed by atoms with Crippen LogP contribution >= 0.6 is 0 Å². The van der Waals surface area contributed by atoms with E-state index in [1.807, 2.05) is 0 Å². The van der Waals surface area contributed by atoms with Gasteiger partial charge in [-0.2, -0.15) is 26.3 Å². The molecule has 146 valence electrons. The Kier molecular flexibility index (Phi) is 6.19. The fourth-order valence-corrected chi connectivity index (χ4v) is 2.10. The number of benzene rings is 2. The van der Waals surface area contributed by atoms with Gasteiger partial charge in [0.05, 0.1) is 16.9 Å². The highest BCUT2D eigenvalue weighted by Crippen LogP contribution is 2.35. The van der Waals surface area contributed by atoms with Crippen LogP contribution in [0.25, 0.3) is 0 Å². The lowest BCUT2D eigenvalue weighted by atomic mass is 10.2. The molecule has 0 radical (unpaired) electrons. The summed E-state index contributed by atoms with van der Waals surface area (Å²) in [6, 6.07) is 9.98. The van der Waals surface area contributed by atoms with Crippen LogP contribution in [0.15, 0.2) is 48.5 Å². The van der Waals surface area contributed by atoms with Crippen molar-refractivity contribution in [2.24, 2.45) is 0 Å². The van der Waals surface area contributed by atoms with Crippen LogP contribution in [-0.4, -0.2) is 25.2 Å². The number of hydrogen-bond acceptors (Lipinski definition) is 3. The van der Waals surface area contributed by atoms with Crippen molar-refractivity contribution in [3.05, 3.63) is 54.1 Å². The molecule has 0 spiro atoms. The molecule has 0 aromatic heterocycles. The maximum atomic E-state index is 12.9. The van der Waals surface area contributed by atoms with Crippen molar-refractivity contribution in [1.29, 1.82) is 0 Å². The molecule has 2 aromatic carbocycles. The monoisotopic (exact) mass is 392 g/mol. The van der Waals surface area contributed by atoms with E-state index in [0.717, 1.165) is 12.1 Å². The van der Waals surface area contributed by atoms with Gasteiger partial charge in [0.15, 0.2) is 6.61 Å². The Hall–Kier alpha value is -2.91. The molecule has 0 bridgehead atoms. The molecule has 27 heavy (non-hydrogen) atoms. The van der Waals surface area contributed by atoms with Gasteiger partial charge in [0.25, 0.3) is 5.91 Å². The van der Waals surface area contributed by atoms with Crippen molar-refractivity contribution in [1.82, 2.24) is 0 Å². The maximum Gasteiger partial charge on any atom is 0.419 e. The number of nitrogens with one attached hydrogen (secondary N) is 2. The first-order valence-electron chi connectivity index (χ1n) is 7.55. The Balaban J connectivity index is 2.02. The minimum atomic E-state index is -4.65. The average molecular weight is 392 g/mol. The summed E-state index contributed by atoms with van der Waals surface area (Å²) < 4.78 is 80.5. The number of halogens is 6. The summed E-state index contributed by atoms with van der Waals surface area (Å²) in [4.78, 5) is 11.9. The molecule has 0 fully saturated rings. The highest BCUT2D eigenvalue weighted by Gasteiger charge is 2.34. The van der Waals surface area contributed by atoms with E-state index >= 15 is 0 Å². The van der Waals surface area contributed by atoms with Gasteiger partial charge in [-0.25, -0.2) is 0 Å². The summed E-state index contributed by atoms with van der Waals surface area (Å²) in [5, 5.41) is 4.43. The third-order valence-corrected chi connectivity index (χ3v) is 3.23. The van der Waals surface area contributed by atoms with Crippen LogP contribution in [-0.2, 0) is 11.0 Å². The number of hydrogen-bond donors (Lipinski definition) is 2. The number of rotatable bonds is 6. The SMILES string of the molecule is O=C(COc1ccccc1C(F)(F)F)Nc1ccccc1NCC(F)(F)F. The Labute approximate surface area is 150 Å². The first-order valence-corrected chi connectivity index (χ1v) is 7.55. The Bertz CT molecular complexity index is 789. The van der Waals surface area contributed by atoms with Gasteiger partial charge in [-0.15, -0.1) is 0 Å². The van der Waals surface area contributed by atoms with Gasteiger partial charge in [0.2, 0.25) is 0 Å². The molecule has 0 aliphatic heterocycles. The lowest BCUT2D eigenvalue weighted by Gasteiger charge is -2.16. The summed E-state index contributed by atoms with van der Waals surface area (Å²) in [5.74, 6) is -1.35. The first-order chi connectivity index (χ1) is 12.6. The molecule has 1 amide bonds. The van der Waals surface area contributed by atoms with Crippen LogP contribution < -0.4 is 15.4 Å². The summed E-state index contributed by atoms with van der Waals surface area (Å²) in [6.07, 6.45) is -9.11. The Morgan fingerprint density at radius 3 is 2.11 bits per heavy atom. The second kappa shape index (κ2) is 8.19. The van der Waals surface area contributed by atoms with Gasteiger partial charge < -0.3 is 15.4 Å². The minimum Gasteiger partial charge on any atom is -0.483 e. The Morgan fingerprint density at radius 2 is 1.48 bits per heavy atom. The lowest BCUT2D eigenvalue weighted by Crippen LogP contribution is -2.24. The van der Waals surface area contributed by atoms with Crippen molar-refractivity contribution in [2.45, 2.75) is 12.4 Å². The second-order valence-electron chi connectivity index (χ2n) is 5.35. The zero-order valence-electron chi connectivity index (χ0n) is 13.6. The zero-order valence-corrected chi connectivity index (χ0v) is 13.6. The zero-order chi connectivity index (χ0) is 20.1. The van der Waals surface area contributed by atoms with E-state index in [-0.39, 0.29) is 11.4 Å². The lowest BCUT2D eigenvalue weighted by molar-refractivity contribution is -0.139. The molecule has 0 heterocycles. The molecule has 2 aromatic rings. The molecule has 10 heteroatoms. The quantitative estimate of drug-likeness (QED) is 0.701. The van der Waals surface area contributed by atoms with E-state index in [4.69, 9.17) is 4.74 Å². The van der Waals surface area contributed by atoms with Crippen LogP contribution in [0.5, 0.6) is 5.75 Å². The second-order valence-corrected chi connectivity index (χ2v) is 5.35. The molecule has 0 unspecified atom stereocenters. The first kappa shape index (κ1) is 20.4. The summed E-state index contributed by atoms with van der Waals surface area (Å²) in [7, 11) is 0. The smallest absolute Gasteiger partial charge is 0.419 e. The summed E-state index contributed by atoms with van der Waals surface area (Å²) in [5.41, 5.74) is -0.983. The third-order valence-electron chi connectivity index (χ3n) is 3.23. The number of amides is 1. The van der Waals surface area contributed by atoms with E-state index in [9.17, 15) is 31.1 Å². The number of carbonyl (C=O) groups is 1. The van der Waals surface area contributed by atoms with Crippen LogP contribution in [0.2, 0.25) is 0 Å². The highest BCUT2D eigenvalue weighted by atomic mass is 19.4. The van der Waals surface area contributed by atoms with Gasteiger partial charge in [-0.3, -0.25) is 4.79 Å². The largest absolute Gasteiger partial charge is 0.483 e. The summed E-state index contributed by atoms with van der Waals surface area (Å²) >= 11 is 0. The molecular weight excluding hydrogens is 378 g/mol. The number of anilines is 2. The number of ether oxygens (including phenoxy) is 1.